The highest BCUT2D eigenvalue weighted by Gasteiger charge is 2.30. The zero-order chi connectivity index (χ0) is 17.0. The molecule has 1 aromatic carbocycles. The molecule has 0 saturated carbocycles. The minimum atomic E-state index is -0.404. The predicted octanol–water partition coefficient (Wildman–Crippen LogP) is 4.93. The molecule has 1 atom stereocenters. The van der Waals surface area contributed by atoms with Crippen molar-refractivity contribution in [1.29, 1.82) is 0 Å². The number of rotatable bonds is 4. The second-order valence-corrected chi connectivity index (χ2v) is 7.17. The van der Waals surface area contributed by atoms with Gasteiger partial charge < -0.3 is 10.2 Å². The van der Waals surface area contributed by atoms with E-state index >= 15 is 0 Å². The number of piperidine rings is 1. The van der Waals surface area contributed by atoms with Gasteiger partial charge >= 0.3 is 6.03 Å². The number of hydrogen-bond donors (Lipinski definition) is 1. The molecule has 0 aliphatic carbocycles. The summed E-state index contributed by atoms with van der Waals surface area (Å²) in [5.74, 6) is 0. The Bertz CT molecular complexity index is 577. The van der Waals surface area contributed by atoms with E-state index in [2.05, 4.69) is 50.9 Å². The zero-order valence-corrected chi connectivity index (χ0v) is 15.0. The third-order valence-corrected chi connectivity index (χ3v) is 4.86. The van der Waals surface area contributed by atoms with Crippen molar-refractivity contribution >= 4 is 11.6 Å². The smallest absolute Gasteiger partial charge is 0.318 e. The van der Waals surface area contributed by atoms with E-state index in [4.69, 9.17) is 0 Å². The molecule has 3 nitrogen and oxygen atoms in total. The van der Waals surface area contributed by atoms with Crippen LogP contribution in [0.5, 0.6) is 0 Å². The first-order valence-corrected chi connectivity index (χ1v) is 8.70. The molecule has 1 fully saturated rings. The monoisotopic (exact) mass is 314 g/mol. The largest absolute Gasteiger partial charge is 0.329 e. The van der Waals surface area contributed by atoms with Crippen molar-refractivity contribution in [2.45, 2.75) is 65.0 Å². The quantitative estimate of drug-likeness (QED) is 0.839. The van der Waals surface area contributed by atoms with Crippen LogP contribution in [-0.2, 0) is 5.54 Å². The lowest BCUT2D eigenvalue weighted by Gasteiger charge is -2.38. The van der Waals surface area contributed by atoms with Gasteiger partial charge in [-0.2, -0.15) is 0 Å². The molecule has 23 heavy (non-hydrogen) atoms. The molecule has 0 aromatic heterocycles. The summed E-state index contributed by atoms with van der Waals surface area (Å²) in [6, 6.07) is 8.71. The Hall–Kier alpha value is -1.77. The first kappa shape index (κ1) is 17.6. The summed E-state index contributed by atoms with van der Waals surface area (Å²) in [5, 5.41) is 3.23. The van der Waals surface area contributed by atoms with Crippen molar-refractivity contribution in [3.05, 3.63) is 42.0 Å². The summed E-state index contributed by atoms with van der Waals surface area (Å²) < 4.78 is 0. The van der Waals surface area contributed by atoms with E-state index in [1.807, 2.05) is 17.9 Å². The van der Waals surface area contributed by atoms with Gasteiger partial charge in [0.05, 0.1) is 5.54 Å². The lowest BCUT2D eigenvalue weighted by molar-refractivity contribution is 0.140. The second-order valence-electron chi connectivity index (χ2n) is 7.17. The molecule has 1 saturated heterocycles. The van der Waals surface area contributed by atoms with Crippen molar-refractivity contribution < 1.29 is 4.79 Å². The Morgan fingerprint density at radius 3 is 2.78 bits per heavy atom. The Kier molecular flexibility index (Phi) is 5.51. The van der Waals surface area contributed by atoms with Crippen molar-refractivity contribution in [2.24, 2.45) is 0 Å². The molecule has 2 amide bonds. The molecule has 1 N–H and O–H groups in total. The fraction of sp³-hybridized carbons (Fsp3) is 0.550. The number of hydrogen-bond acceptors (Lipinski definition) is 1. The van der Waals surface area contributed by atoms with Gasteiger partial charge in [-0.15, -0.1) is 0 Å². The topological polar surface area (TPSA) is 32.3 Å². The normalized spacial score (nSPS) is 18.6. The molecule has 0 unspecified atom stereocenters. The molecule has 3 heteroatoms. The van der Waals surface area contributed by atoms with E-state index in [-0.39, 0.29) is 6.03 Å². The maximum absolute atomic E-state index is 12.8. The zero-order valence-electron chi connectivity index (χ0n) is 15.0. The van der Waals surface area contributed by atoms with E-state index in [0.29, 0.717) is 6.04 Å². The van der Waals surface area contributed by atoms with Gasteiger partial charge in [0.2, 0.25) is 0 Å². The summed E-state index contributed by atoms with van der Waals surface area (Å²) in [6.07, 6.45) is 4.48. The number of benzene rings is 1. The lowest BCUT2D eigenvalue weighted by atomic mass is 9.91. The van der Waals surface area contributed by atoms with Crippen LogP contribution in [0.15, 0.2) is 30.8 Å². The van der Waals surface area contributed by atoms with Crippen molar-refractivity contribution in [2.75, 3.05) is 6.54 Å². The Morgan fingerprint density at radius 2 is 2.13 bits per heavy atom. The average Bonchev–Trinajstić information content (AvgIpc) is 2.54. The van der Waals surface area contributed by atoms with E-state index in [0.717, 1.165) is 42.5 Å². The number of urea groups is 1. The number of likely N-dealkylation sites (tertiary alicyclic amines) is 1. The summed E-state index contributed by atoms with van der Waals surface area (Å²) in [4.78, 5) is 14.8. The number of carbonyl (C=O) groups excluding carboxylic acids is 1. The highest BCUT2D eigenvalue weighted by atomic mass is 16.2. The van der Waals surface area contributed by atoms with Crippen LogP contribution >= 0.6 is 0 Å². The summed E-state index contributed by atoms with van der Waals surface area (Å²) in [6.45, 7) is 13.2. The van der Waals surface area contributed by atoms with Crippen LogP contribution in [0.25, 0.3) is 5.57 Å². The van der Waals surface area contributed by atoms with Crippen LogP contribution in [0.1, 0.15) is 64.5 Å². The highest BCUT2D eigenvalue weighted by molar-refractivity contribution is 5.76. The van der Waals surface area contributed by atoms with Crippen LogP contribution in [0.4, 0.5) is 4.79 Å². The van der Waals surface area contributed by atoms with Crippen LogP contribution in [0, 0.1) is 0 Å². The number of allylic oxidation sites excluding steroid dienone is 1. The molecule has 0 spiro atoms. The SMILES string of the molecule is C=C(C)c1cccc(C(C)(C)NC(=O)N2CCCC[C@H]2CC)c1. The predicted molar refractivity (Wildman–Crippen MR) is 97.3 cm³/mol. The maximum Gasteiger partial charge on any atom is 0.318 e. The molecular weight excluding hydrogens is 284 g/mol. The van der Waals surface area contributed by atoms with Crippen molar-refractivity contribution in [3.8, 4) is 0 Å². The molecule has 1 heterocycles. The second kappa shape index (κ2) is 7.20. The van der Waals surface area contributed by atoms with Gasteiger partial charge in [0, 0.05) is 12.6 Å². The first-order valence-electron chi connectivity index (χ1n) is 8.70. The molecule has 0 bridgehead atoms. The minimum absolute atomic E-state index is 0.0577. The number of carbonyl (C=O) groups is 1. The van der Waals surface area contributed by atoms with Crippen molar-refractivity contribution in [3.63, 3.8) is 0 Å². The van der Waals surface area contributed by atoms with E-state index in [1.54, 1.807) is 0 Å². The van der Waals surface area contributed by atoms with E-state index in [9.17, 15) is 4.79 Å². The molecule has 2 rings (SSSR count). The standard InChI is InChI=1S/C20H30N2O/c1-6-18-12-7-8-13-22(18)19(23)21-20(4,5)17-11-9-10-16(14-17)15(2)3/h9-11,14,18H,2,6-8,12-13H2,1,3-5H3,(H,21,23)/t18-/m1/s1. The molecule has 1 aliphatic rings. The molecule has 0 radical (unpaired) electrons. The third-order valence-electron chi connectivity index (χ3n) is 4.86. The molecular formula is C20H30N2O. The average molecular weight is 314 g/mol. The minimum Gasteiger partial charge on any atom is -0.329 e. The van der Waals surface area contributed by atoms with Gasteiger partial charge in [-0.3, -0.25) is 0 Å². The highest BCUT2D eigenvalue weighted by Crippen LogP contribution is 2.25. The summed E-state index contributed by atoms with van der Waals surface area (Å²) >= 11 is 0. The number of amides is 2. The number of nitrogens with one attached hydrogen (secondary N) is 1. The van der Waals surface area contributed by atoms with Crippen LogP contribution in [-0.4, -0.2) is 23.5 Å². The first-order chi connectivity index (χ1) is 10.8. The Morgan fingerprint density at radius 1 is 1.39 bits per heavy atom. The van der Waals surface area contributed by atoms with Gasteiger partial charge in [-0.25, -0.2) is 4.79 Å². The van der Waals surface area contributed by atoms with E-state index in [1.165, 1.54) is 6.42 Å². The Labute approximate surface area is 140 Å². The summed E-state index contributed by atoms with van der Waals surface area (Å²) in [5.41, 5.74) is 2.86. The van der Waals surface area contributed by atoms with Crippen LogP contribution in [0.2, 0.25) is 0 Å². The van der Waals surface area contributed by atoms with Gasteiger partial charge in [0.25, 0.3) is 0 Å². The fourth-order valence-corrected chi connectivity index (χ4v) is 3.28. The third kappa shape index (κ3) is 4.15. The van der Waals surface area contributed by atoms with Crippen molar-refractivity contribution in [1.82, 2.24) is 10.2 Å². The Balaban J connectivity index is 2.15. The van der Waals surface area contributed by atoms with E-state index < -0.39 is 5.54 Å². The molecule has 126 valence electrons. The fourth-order valence-electron chi connectivity index (χ4n) is 3.28. The van der Waals surface area contributed by atoms with Gasteiger partial charge in [-0.05, 0) is 63.6 Å². The van der Waals surface area contributed by atoms with Crippen LogP contribution < -0.4 is 5.32 Å². The maximum atomic E-state index is 12.8. The lowest BCUT2D eigenvalue weighted by Crippen LogP contribution is -2.53. The van der Waals surface area contributed by atoms with Gasteiger partial charge in [-0.1, -0.05) is 37.3 Å². The molecule has 1 aliphatic heterocycles. The summed E-state index contributed by atoms with van der Waals surface area (Å²) in [7, 11) is 0. The van der Waals surface area contributed by atoms with Gasteiger partial charge in [0.15, 0.2) is 0 Å². The number of nitrogens with zero attached hydrogens (tertiary/aromatic N) is 1. The van der Waals surface area contributed by atoms with Crippen LogP contribution in [0.3, 0.4) is 0 Å². The molecule has 1 aromatic rings. The van der Waals surface area contributed by atoms with Gasteiger partial charge in [0.1, 0.15) is 0 Å².